The summed E-state index contributed by atoms with van der Waals surface area (Å²) in [6.45, 7) is 0.792. The first-order chi connectivity index (χ1) is 7.66. The SMILES string of the molecule is CNCCCc1ccccc1C(F)C(F)F. The van der Waals surface area contributed by atoms with Gasteiger partial charge in [0.15, 0.2) is 6.17 Å². The Balaban J connectivity index is 2.75. The summed E-state index contributed by atoms with van der Waals surface area (Å²) in [4.78, 5) is 0. The summed E-state index contributed by atoms with van der Waals surface area (Å²) in [7, 11) is 1.82. The van der Waals surface area contributed by atoms with E-state index < -0.39 is 12.6 Å². The molecule has 0 aromatic heterocycles. The molecule has 1 unspecified atom stereocenters. The number of hydrogen-bond donors (Lipinski definition) is 1. The van der Waals surface area contributed by atoms with Crippen molar-refractivity contribution >= 4 is 0 Å². The van der Waals surface area contributed by atoms with E-state index in [2.05, 4.69) is 5.32 Å². The normalized spacial score (nSPS) is 13.1. The minimum absolute atomic E-state index is 0.119. The van der Waals surface area contributed by atoms with Gasteiger partial charge in [-0.1, -0.05) is 24.3 Å². The van der Waals surface area contributed by atoms with E-state index in [1.807, 2.05) is 7.05 Å². The van der Waals surface area contributed by atoms with E-state index in [4.69, 9.17) is 0 Å². The van der Waals surface area contributed by atoms with Crippen LogP contribution in [0.5, 0.6) is 0 Å². The summed E-state index contributed by atoms with van der Waals surface area (Å²) in [5, 5.41) is 2.97. The second-order valence-electron chi connectivity index (χ2n) is 3.64. The Morgan fingerprint density at radius 2 is 1.88 bits per heavy atom. The highest BCUT2D eigenvalue weighted by molar-refractivity contribution is 5.29. The van der Waals surface area contributed by atoms with Gasteiger partial charge in [-0.05, 0) is 37.6 Å². The van der Waals surface area contributed by atoms with Crippen LogP contribution >= 0.6 is 0 Å². The average molecular weight is 231 g/mol. The molecule has 0 aliphatic rings. The summed E-state index contributed by atoms with van der Waals surface area (Å²) >= 11 is 0. The van der Waals surface area contributed by atoms with Crippen LogP contribution in [0.15, 0.2) is 24.3 Å². The van der Waals surface area contributed by atoms with Crippen molar-refractivity contribution in [3.05, 3.63) is 35.4 Å². The van der Waals surface area contributed by atoms with Gasteiger partial charge in [0.25, 0.3) is 6.43 Å². The first kappa shape index (κ1) is 13.0. The van der Waals surface area contributed by atoms with Gasteiger partial charge in [0.2, 0.25) is 0 Å². The molecule has 0 aliphatic heterocycles. The minimum Gasteiger partial charge on any atom is -0.320 e. The van der Waals surface area contributed by atoms with Crippen molar-refractivity contribution in [1.82, 2.24) is 5.32 Å². The van der Waals surface area contributed by atoms with E-state index in [1.165, 1.54) is 6.07 Å². The van der Waals surface area contributed by atoms with Gasteiger partial charge in [0.05, 0.1) is 0 Å². The van der Waals surface area contributed by atoms with Gasteiger partial charge in [-0.3, -0.25) is 0 Å². The Morgan fingerprint density at radius 3 is 2.50 bits per heavy atom. The maximum atomic E-state index is 13.3. The summed E-state index contributed by atoms with van der Waals surface area (Å²) in [5.41, 5.74) is 0.791. The van der Waals surface area contributed by atoms with Crippen LogP contribution in [0.2, 0.25) is 0 Å². The van der Waals surface area contributed by atoms with Gasteiger partial charge < -0.3 is 5.32 Å². The van der Waals surface area contributed by atoms with Crippen LogP contribution in [0.4, 0.5) is 13.2 Å². The van der Waals surface area contributed by atoms with Gasteiger partial charge in [-0.2, -0.15) is 0 Å². The highest BCUT2D eigenvalue weighted by Gasteiger charge is 2.23. The summed E-state index contributed by atoms with van der Waals surface area (Å²) < 4.78 is 37.9. The zero-order chi connectivity index (χ0) is 12.0. The van der Waals surface area contributed by atoms with E-state index in [9.17, 15) is 13.2 Å². The molecule has 0 bridgehead atoms. The van der Waals surface area contributed by atoms with Crippen LogP contribution in [-0.4, -0.2) is 20.0 Å². The Bertz CT molecular complexity index is 315. The number of benzene rings is 1. The smallest absolute Gasteiger partial charge is 0.273 e. The Kier molecular flexibility index (Phi) is 5.32. The van der Waals surface area contributed by atoms with E-state index >= 15 is 0 Å². The van der Waals surface area contributed by atoms with Gasteiger partial charge in [-0.25, -0.2) is 13.2 Å². The molecule has 4 heteroatoms. The molecule has 0 saturated heterocycles. The molecule has 1 atom stereocenters. The number of halogens is 3. The predicted molar refractivity (Wildman–Crippen MR) is 58.5 cm³/mol. The maximum absolute atomic E-state index is 13.3. The maximum Gasteiger partial charge on any atom is 0.273 e. The molecule has 0 heterocycles. The van der Waals surface area contributed by atoms with Crippen molar-refractivity contribution in [1.29, 1.82) is 0 Å². The van der Waals surface area contributed by atoms with Crippen LogP contribution in [0.25, 0.3) is 0 Å². The minimum atomic E-state index is -2.95. The van der Waals surface area contributed by atoms with Crippen LogP contribution in [-0.2, 0) is 6.42 Å². The van der Waals surface area contributed by atoms with Gasteiger partial charge in [0, 0.05) is 0 Å². The lowest BCUT2D eigenvalue weighted by molar-refractivity contribution is 0.0491. The molecular weight excluding hydrogens is 215 g/mol. The largest absolute Gasteiger partial charge is 0.320 e. The topological polar surface area (TPSA) is 12.0 Å². The van der Waals surface area contributed by atoms with Crippen molar-refractivity contribution in [2.45, 2.75) is 25.4 Å². The predicted octanol–water partition coefficient (Wildman–Crippen LogP) is 3.11. The van der Waals surface area contributed by atoms with Crippen LogP contribution in [0.1, 0.15) is 23.7 Å². The van der Waals surface area contributed by atoms with E-state index in [-0.39, 0.29) is 5.56 Å². The van der Waals surface area contributed by atoms with Gasteiger partial charge in [0.1, 0.15) is 0 Å². The summed E-state index contributed by atoms with van der Waals surface area (Å²) in [6, 6.07) is 6.48. The second-order valence-corrected chi connectivity index (χ2v) is 3.64. The Hall–Kier alpha value is -1.03. The molecule has 1 N–H and O–H groups in total. The molecular formula is C12H16F3N. The van der Waals surface area contributed by atoms with E-state index in [0.717, 1.165) is 13.0 Å². The monoisotopic (exact) mass is 231 g/mol. The Labute approximate surface area is 93.7 Å². The zero-order valence-electron chi connectivity index (χ0n) is 9.22. The standard InChI is InChI=1S/C12H16F3N/c1-16-8-4-6-9-5-2-3-7-10(9)11(13)12(14)15/h2-3,5,7,11-12,16H,4,6,8H2,1H3. The average Bonchev–Trinajstić information content (AvgIpc) is 2.29. The third-order valence-electron chi connectivity index (χ3n) is 2.45. The number of rotatable bonds is 6. The molecule has 1 aromatic carbocycles. The molecule has 16 heavy (non-hydrogen) atoms. The third-order valence-corrected chi connectivity index (χ3v) is 2.45. The van der Waals surface area contributed by atoms with Gasteiger partial charge in [-0.15, -0.1) is 0 Å². The molecule has 0 aliphatic carbocycles. The molecule has 1 nitrogen and oxygen atoms in total. The quantitative estimate of drug-likeness (QED) is 0.742. The number of hydrogen-bond acceptors (Lipinski definition) is 1. The lowest BCUT2D eigenvalue weighted by Crippen LogP contribution is -2.10. The molecule has 0 amide bonds. The van der Waals surface area contributed by atoms with Crippen LogP contribution < -0.4 is 5.32 Å². The van der Waals surface area contributed by atoms with Gasteiger partial charge >= 0.3 is 0 Å². The van der Waals surface area contributed by atoms with Crippen molar-refractivity contribution in [2.75, 3.05) is 13.6 Å². The molecule has 90 valence electrons. The van der Waals surface area contributed by atoms with Crippen molar-refractivity contribution in [2.24, 2.45) is 0 Å². The lowest BCUT2D eigenvalue weighted by Gasteiger charge is -2.12. The van der Waals surface area contributed by atoms with Crippen molar-refractivity contribution in [3.8, 4) is 0 Å². The molecule has 0 radical (unpaired) electrons. The summed E-state index contributed by atoms with van der Waals surface area (Å²) in [6.07, 6.45) is -3.70. The first-order valence-corrected chi connectivity index (χ1v) is 5.31. The lowest BCUT2D eigenvalue weighted by atomic mass is 9.99. The second kappa shape index (κ2) is 6.53. The fourth-order valence-electron chi connectivity index (χ4n) is 1.62. The number of nitrogens with one attached hydrogen (secondary N) is 1. The fourth-order valence-corrected chi connectivity index (χ4v) is 1.62. The Morgan fingerprint density at radius 1 is 1.19 bits per heavy atom. The molecule has 1 aromatic rings. The van der Waals surface area contributed by atoms with Crippen LogP contribution in [0.3, 0.4) is 0 Å². The van der Waals surface area contributed by atoms with Crippen molar-refractivity contribution < 1.29 is 13.2 Å². The van der Waals surface area contributed by atoms with E-state index in [1.54, 1.807) is 18.2 Å². The van der Waals surface area contributed by atoms with E-state index in [0.29, 0.717) is 12.0 Å². The highest BCUT2D eigenvalue weighted by atomic mass is 19.3. The first-order valence-electron chi connectivity index (χ1n) is 5.31. The highest BCUT2D eigenvalue weighted by Crippen LogP contribution is 2.28. The fraction of sp³-hybridized carbons (Fsp3) is 0.500. The van der Waals surface area contributed by atoms with Crippen molar-refractivity contribution in [3.63, 3.8) is 0 Å². The zero-order valence-corrected chi connectivity index (χ0v) is 9.22. The van der Waals surface area contributed by atoms with Crippen LogP contribution in [0, 0.1) is 0 Å². The third kappa shape index (κ3) is 3.52. The molecule has 0 saturated carbocycles. The molecule has 1 rings (SSSR count). The number of alkyl halides is 3. The summed E-state index contributed by atoms with van der Waals surface area (Å²) in [5.74, 6) is 0. The molecule has 0 fully saturated rings. The number of aryl methyl sites for hydroxylation is 1. The molecule has 0 spiro atoms.